The van der Waals surface area contributed by atoms with E-state index in [1.807, 2.05) is 12.3 Å². The summed E-state index contributed by atoms with van der Waals surface area (Å²) in [7, 11) is 0. The monoisotopic (exact) mass is 276 g/mol. The maximum Gasteiger partial charge on any atom is 0.111 e. The van der Waals surface area contributed by atoms with Crippen LogP contribution in [0.4, 0.5) is 0 Å². The smallest absolute Gasteiger partial charge is 0.111 e. The molecule has 2 aromatic heterocycles. The van der Waals surface area contributed by atoms with Crippen molar-refractivity contribution in [1.82, 2.24) is 20.2 Å². The van der Waals surface area contributed by atoms with Crippen LogP contribution in [0.15, 0.2) is 23.7 Å². The van der Waals surface area contributed by atoms with Crippen LogP contribution < -0.4 is 5.32 Å². The second-order valence-electron chi connectivity index (χ2n) is 4.86. The van der Waals surface area contributed by atoms with Crippen molar-refractivity contribution in [3.8, 4) is 11.4 Å². The summed E-state index contributed by atoms with van der Waals surface area (Å²) in [5.41, 5.74) is 2.18. The highest BCUT2D eigenvalue weighted by Crippen LogP contribution is 2.30. The minimum absolute atomic E-state index is 0.468. The van der Waals surface area contributed by atoms with Gasteiger partial charge in [0, 0.05) is 37.8 Å². The first-order valence-corrected chi connectivity index (χ1v) is 7.80. The van der Waals surface area contributed by atoms with Crippen LogP contribution in [0.1, 0.15) is 24.4 Å². The number of nitrogens with one attached hydrogen (secondary N) is 2. The van der Waals surface area contributed by atoms with E-state index in [9.17, 15) is 0 Å². The Balaban J connectivity index is 1.79. The average Bonchev–Trinajstić information content (AvgIpc) is 3.11. The van der Waals surface area contributed by atoms with Crippen LogP contribution in [-0.2, 0) is 0 Å². The molecule has 2 N–H and O–H groups in total. The van der Waals surface area contributed by atoms with Crippen molar-refractivity contribution in [2.45, 2.75) is 19.4 Å². The molecule has 0 aromatic carbocycles. The summed E-state index contributed by atoms with van der Waals surface area (Å²) in [6.45, 7) is 6.67. The Morgan fingerprint density at radius 3 is 2.95 bits per heavy atom. The van der Waals surface area contributed by atoms with Crippen molar-refractivity contribution in [3.63, 3.8) is 0 Å². The predicted molar refractivity (Wildman–Crippen MR) is 79.4 cm³/mol. The van der Waals surface area contributed by atoms with Crippen LogP contribution in [0.3, 0.4) is 0 Å². The second-order valence-corrected chi connectivity index (χ2v) is 5.75. The van der Waals surface area contributed by atoms with Gasteiger partial charge in [-0.15, -0.1) is 11.3 Å². The predicted octanol–water partition coefficient (Wildman–Crippen LogP) is 2.49. The number of aromatic amines is 1. The minimum Gasteiger partial charge on any atom is -0.360 e. The molecule has 102 valence electrons. The van der Waals surface area contributed by atoms with Gasteiger partial charge in [0.1, 0.15) is 5.01 Å². The van der Waals surface area contributed by atoms with Gasteiger partial charge in [-0.05, 0) is 18.6 Å². The van der Waals surface area contributed by atoms with E-state index in [2.05, 4.69) is 33.6 Å². The Hall–Kier alpha value is -1.17. The normalized spacial score (nSPS) is 18.6. The third-order valence-corrected chi connectivity index (χ3v) is 4.61. The molecule has 1 saturated heterocycles. The molecular formula is C14H20N4S. The number of hydrogen-bond acceptors (Lipinski definition) is 4. The third-order valence-electron chi connectivity index (χ3n) is 3.66. The number of hydrogen-bond donors (Lipinski definition) is 2. The Bertz CT molecular complexity index is 499. The molecule has 1 aliphatic rings. The topological polar surface area (TPSA) is 44.0 Å². The highest BCUT2D eigenvalue weighted by molar-refractivity contribution is 7.10. The van der Waals surface area contributed by atoms with Gasteiger partial charge in [0.15, 0.2) is 0 Å². The van der Waals surface area contributed by atoms with Gasteiger partial charge >= 0.3 is 0 Å². The zero-order valence-electron chi connectivity index (χ0n) is 11.2. The lowest BCUT2D eigenvalue weighted by Crippen LogP contribution is -2.45. The van der Waals surface area contributed by atoms with E-state index >= 15 is 0 Å². The molecule has 3 heterocycles. The molecule has 19 heavy (non-hydrogen) atoms. The van der Waals surface area contributed by atoms with Crippen LogP contribution in [0.25, 0.3) is 11.4 Å². The van der Waals surface area contributed by atoms with Gasteiger partial charge in [-0.2, -0.15) is 0 Å². The molecule has 3 rings (SSSR count). The van der Waals surface area contributed by atoms with Gasteiger partial charge < -0.3 is 10.3 Å². The second kappa shape index (κ2) is 5.86. The van der Waals surface area contributed by atoms with E-state index in [0.717, 1.165) is 44.0 Å². The van der Waals surface area contributed by atoms with Crippen molar-refractivity contribution < 1.29 is 0 Å². The molecular weight excluding hydrogens is 256 g/mol. The molecule has 1 fully saturated rings. The molecule has 5 heteroatoms. The summed E-state index contributed by atoms with van der Waals surface area (Å²) < 4.78 is 0. The Morgan fingerprint density at radius 1 is 1.42 bits per heavy atom. The molecule has 2 aromatic rings. The Morgan fingerprint density at radius 2 is 2.26 bits per heavy atom. The Labute approximate surface area is 117 Å². The van der Waals surface area contributed by atoms with Gasteiger partial charge in [-0.25, -0.2) is 4.98 Å². The lowest BCUT2D eigenvalue weighted by atomic mass is 10.2. The molecule has 0 bridgehead atoms. The van der Waals surface area contributed by atoms with E-state index in [4.69, 9.17) is 4.98 Å². The van der Waals surface area contributed by atoms with E-state index in [0.29, 0.717) is 6.04 Å². The molecule has 0 aliphatic carbocycles. The molecule has 1 unspecified atom stereocenters. The number of piperazine rings is 1. The number of rotatable bonds is 4. The van der Waals surface area contributed by atoms with Crippen LogP contribution >= 0.6 is 11.3 Å². The largest absolute Gasteiger partial charge is 0.360 e. The third kappa shape index (κ3) is 2.73. The standard InChI is InChI=1S/C14H20N4S/c1-2-13(18-8-6-15-7-9-18)14-17-12(10-19-14)11-4-3-5-16-11/h3-5,10,13,15-16H,2,6-9H2,1H3. The summed E-state index contributed by atoms with van der Waals surface area (Å²) in [6.07, 6.45) is 3.07. The highest BCUT2D eigenvalue weighted by Gasteiger charge is 2.23. The van der Waals surface area contributed by atoms with Crippen molar-refractivity contribution >= 4 is 11.3 Å². The van der Waals surface area contributed by atoms with Gasteiger partial charge in [0.2, 0.25) is 0 Å². The lowest BCUT2D eigenvalue weighted by Gasteiger charge is -2.33. The SMILES string of the molecule is CCC(c1nc(-c2ccc[nH]2)cs1)N1CCNCC1. The zero-order valence-corrected chi connectivity index (χ0v) is 12.0. The fourth-order valence-electron chi connectivity index (χ4n) is 2.64. The first kappa shape index (κ1) is 12.8. The van der Waals surface area contributed by atoms with Crippen LogP contribution in [-0.4, -0.2) is 41.0 Å². The van der Waals surface area contributed by atoms with Gasteiger partial charge in [-0.3, -0.25) is 4.90 Å². The quantitative estimate of drug-likeness (QED) is 0.902. The molecule has 1 aliphatic heterocycles. The molecule has 0 saturated carbocycles. The first-order chi connectivity index (χ1) is 9.38. The van der Waals surface area contributed by atoms with Crippen molar-refractivity contribution in [3.05, 3.63) is 28.7 Å². The fourth-order valence-corrected chi connectivity index (χ4v) is 3.67. The average molecular weight is 276 g/mol. The van der Waals surface area contributed by atoms with Crippen molar-refractivity contribution in [1.29, 1.82) is 0 Å². The maximum absolute atomic E-state index is 4.82. The minimum atomic E-state index is 0.468. The zero-order chi connectivity index (χ0) is 13.1. The molecule has 0 spiro atoms. The molecule has 1 atom stereocenters. The highest BCUT2D eigenvalue weighted by atomic mass is 32.1. The number of thiazole rings is 1. The molecule has 4 nitrogen and oxygen atoms in total. The van der Waals surface area contributed by atoms with Crippen molar-refractivity contribution in [2.24, 2.45) is 0 Å². The van der Waals surface area contributed by atoms with Crippen LogP contribution in [0.5, 0.6) is 0 Å². The van der Waals surface area contributed by atoms with Crippen molar-refractivity contribution in [2.75, 3.05) is 26.2 Å². The molecule has 0 radical (unpaired) electrons. The van der Waals surface area contributed by atoms with Gasteiger partial charge in [0.05, 0.1) is 17.4 Å². The van der Waals surface area contributed by atoms with E-state index in [1.54, 1.807) is 11.3 Å². The summed E-state index contributed by atoms with van der Waals surface area (Å²) in [4.78, 5) is 10.6. The van der Waals surface area contributed by atoms with E-state index < -0.39 is 0 Å². The summed E-state index contributed by atoms with van der Waals surface area (Å²) in [5, 5.41) is 6.81. The lowest BCUT2D eigenvalue weighted by molar-refractivity contribution is 0.169. The summed E-state index contributed by atoms with van der Waals surface area (Å²) >= 11 is 1.78. The number of H-pyrrole nitrogens is 1. The number of aromatic nitrogens is 2. The Kier molecular flexibility index (Phi) is 3.96. The first-order valence-electron chi connectivity index (χ1n) is 6.92. The number of nitrogens with zero attached hydrogens (tertiary/aromatic N) is 2. The van der Waals surface area contributed by atoms with Gasteiger partial charge in [0.25, 0.3) is 0 Å². The molecule has 0 amide bonds. The van der Waals surface area contributed by atoms with E-state index in [1.165, 1.54) is 5.01 Å². The van der Waals surface area contributed by atoms with Crippen LogP contribution in [0.2, 0.25) is 0 Å². The summed E-state index contributed by atoms with van der Waals surface area (Å²) in [5.74, 6) is 0. The van der Waals surface area contributed by atoms with Gasteiger partial charge in [-0.1, -0.05) is 6.92 Å². The maximum atomic E-state index is 4.82. The van der Waals surface area contributed by atoms with E-state index in [-0.39, 0.29) is 0 Å². The summed E-state index contributed by atoms with van der Waals surface area (Å²) in [6, 6.07) is 4.56. The van der Waals surface area contributed by atoms with Crippen LogP contribution in [0, 0.1) is 0 Å². The fraction of sp³-hybridized carbons (Fsp3) is 0.500.